The third-order valence-corrected chi connectivity index (χ3v) is 2.81. The summed E-state index contributed by atoms with van der Waals surface area (Å²) in [6.45, 7) is 3.57. The molecule has 1 aromatic rings. The Labute approximate surface area is 85.6 Å². The number of alkyl halides is 1. The molecule has 1 rings (SSSR count). The van der Waals surface area contributed by atoms with E-state index in [2.05, 4.69) is 21.2 Å². The van der Waals surface area contributed by atoms with Crippen molar-refractivity contribution >= 4 is 15.9 Å². The van der Waals surface area contributed by atoms with Gasteiger partial charge in [-0.3, -0.25) is 0 Å². The molecule has 4 heteroatoms. The summed E-state index contributed by atoms with van der Waals surface area (Å²) in [7, 11) is 1.73. The quantitative estimate of drug-likeness (QED) is 0.891. The minimum absolute atomic E-state index is 0.333. The van der Waals surface area contributed by atoms with E-state index in [1.54, 1.807) is 27.0 Å². The molecule has 0 fully saturated rings. The summed E-state index contributed by atoms with van der Waals surface area (Å²) >= 11 is 3.23. The molecule has 1 atom stereocenters. The molecule has 0 spiro atoms. The highest BCUT2D eigenvalue weighted by molar-refractivity contribution is 9.10. The van der Waals surface area contributed by atoms with E-state index in [1.165, 1.54) is 6.26 Å². The van der Waals surface area contributed by atoms with Crippen molar-refractivity contribution in [2.75, 3.05) is 7.05 Å². The summed E-state index contributed by atoms with van der Waals surface area (Å²) in [4.78, 5) is 0. The maximum absolute atomic E-state index is 13.8. The molecule has 0 aliphatic heterocycles. The minimum Gasteiger partial charge on any atom is -0.465 e. The Morgan fingerprint density at radius 3 is 2.62 bits per heavy atom. The number of halogens is 2. The summed E-state index contributed by atoms with van der Waals surface area (Å²) in [6, 6.07) is 1.69. The van der Waals surface area contributed by atoms with Crippen molar-refractivity contribution in [3.63, 3.8) is 0 Å². The van der Waals surface area contributed by atoms with Gasteiger partial charge in [0.2, 0.25) is 0 Å². The lowest BCUT2D eigenvalue weighted by Gasteiger charge is -2.26. The lowest BCUT2D eigenvalue weighted by Crippen LogP contribution is -2.40. The van der Waals surface area contributed by atoms with Gasteiger partial charge >= 0.3 is 0 Å². The molecule has 0 radical (unpaired) electrons. The maximum Gasteiger partial charge on any atom is 0.176 e. The third-order valence-electron chi connectivity index (χ3n) is 2.15. The summed E-state index contributed by atoms with van der Waals surface area (Å²) < 4.78 is 19.5. The highest BCUT2D eigenvalue weighted by Crippen LogP contribution is 2.34. The molecule has 0 aliphatic carbocycles. The topological polar surface area (TPSA) is 25.2 Å². The van der Waals surface area contributed by atoms with Crippen LogP contribution >= 0.6 is 15.9 Å². The Kier molecular flexibility index (Phi) is 3.14. The highest BCUT2D eigenvalue weighted by Gasteiger charge is 2.32. The zero-order chi connectivity index (χ0) is 10.1. The van der Waals surface area contributed by atoms with E-state index in [4.69, 9.17) is 4.42 Å². The van der Waals surface area contributed by atoms with E-state index in [0.29, 0.717) is 10.2 Å². The summed E-state index contributed by atoms with van der Waals surface area (Å²) in [5.41, 5.74) is -0.625. The van der Waals surface area contributed by atoms with Crippen molar-refractivity contribution in [2.24, 2.45) is 0 Å². The molecular weight excluding hydrogens is 237 g/mol. The molecule has 74 valence electrons. The van der Waals surface area contributed by atoms with Crippen molar-refractivity contribution in [1.82, 2.24) is 5.32 Å². The van der Waals surface area contributed by atoms with Crippen LogP contribution in [0.25, 0.3) is 0 Å². The summed E-state index contributed by atoms with van der Waals surface area (Å²) in [5, 5.41) is 2.90. The van der Waals surface area contributed by atoms with Gasteiger partial charge in [-0.05, 0) is 42.9 Å². The fourth-order valence-electron chi connectivity index (χ4n) is 0.941. The predicted molar refractivity (Wildman–Crippen MR) is 53.4 cm³/mol. The van der Waals surface area contributed by atoms with Crippen molar-refractivity contribution < 1.29 is 8.81 Å². The number of nitrogens with one attached hydrogen (secondary N) is 1. The van der Waals surface area contributed by atoms with E-state index >= 15 is 0 Å². The van der Waals surface area contributed by atoms with E-state index in [9.17, 15) is 4.39 Å². The molecule has 13 heavy (non-hydrogen) atoms. The second kappa shape index (κ2) is 3.80. The maximum atomic E-state index is 13.8. The monoisotopic (exact) mass is 249 g/mol. The first-order valence-corrected chi connectivity index (χ1v) is 4.84. The fourth-order valence-corrected chi connectivity index (χ4v) is 1.34. The lowest BCUT2D eigenvalue weighted by molar-refractivity contribution is 0.162. The largest absolute Gasteiger partial charge is 0.465 e. The van der Waals surface area contributed by atoms with E-state index < -0.39 is 11.7 Å². The molecule has 0 aromatic carbocycles. The summed E-state index contributed by atoms with van der Waals surface area (Å²) in [6.07, 6.45) is 0.305. The fraction of sp³-hybridized carbons (Fsp3) is 0.556. The number of hydrogen-bond acceptors (Lipinski definition) is 2. The van der Waals surface area contributed by atoms with E-state index in [0.717, 1.165) is 0 Å². The molecule has 2 nitrogen and oxygen atoms in total. The van der Waals surface area contributed by atoms with Crippen LogP contribution in [0.3, 0.4) is 0 Å². The van der Waals surface area contributed by atoms with Crippen LogP contribution in [0.15, 0.2) is 21.2 Å². The zero-order valence-corrected chi connectivity index (χ0v) is 9.48. The first-order valence-electron chi connectivity index (χ1n) is 4.05. The van der Waals surface area contributed by atoms with Crippen LogP contribution in [0, 0.1) is 0 Å². The van der Waals surface area contributed by atoms with Crippen LogP contribution in [0.4, 0.5) is 4.39 Å². The van der Waals surface area contributed by atoms with E-state index in [-0.39, 0.29) is 0 Å². The SMILES string of the molecule is CNC(C)(C)C(F)c1occc1Br. The van der Waals surface area contributed by atoms with Crippen LogP contribution in [-0.2, 0) is 0 Å². The molecule has 1 unspecified atom stereocenters. The lowest BCUT2D eigenvalue weighted by atomic mass is 9.97. The normalized spacial score (nSPS) is 14.5. The van der Waals surface area contributed by atoms with E-state index in [1.807, 2.05) is 0 Å². The number of likely N-dealkylation sites (N-methyl/N-ethyl adjacent to an activating group) is 1. The van der Waals surface area contributed by atoms with Crippen molar-refractivity contribution in [1.29, 1.82) is 0 Å². The van der Waals surface area contributed by atoms with Crippen LogP contribution in [0.2, 0.25) is 0 Å². The summed E-state index contributed by atoms with van der Waals surface area (Å²) in [5.74, 6) is 0.333. The average Bonchev–Trinajstić information content (AvgIpc) is 2.50. The van der Waals surface area contributed by atoms with Gasteiger partial charge in [0.1, 0.15) is 0 Å². The van der Waals surface area contributed by atoms with Crippen molar-refractivity contribution in [2.45, 2.75) is 25.6 Å². The molecule has 0 saturated heterocycles. The van der Waals surface area contributed by atoms with Gasteiger partial charge in [-0.15, -0.1) is 0 Å². The average molecular weight is 250 g/mol. The smallest absolute Gasteiger partial charge is 0.176 e. The van der Waals surface area contributed by atoms with Crippen molar-refractivity contribution in [3.05, 3.63) is 22.6 Å². The zero-order valence-electron chi connectivity index (χ0n) is 7.90. The van der Waals surface area contributed by atoms with Gasteiger partial charge < -0.3 is 9.73 Å². The number of furan rings is 1. The van der Waals surface area contributed by atoms with Gasteiger partial charge in [-0.2, -0.15) is 0 Å². The van der Waals surface area contributed by atoms with Gasteiger partial charge in [-0.25, -0.2) is 4.39 Å². The first-order chi connectivity index (χ1) is 5.99. The minimum atomic E-state index is -1.16. The van der Waals surface area contributed by atoms with Crippen molar-refractivity contribution in [3.8, 4) is 0 Å². The molecule has 1 aromatic heterocycles. The molecule has 0 saturated carbocycles. The Hall–Kier alpha value is -0.350. The Bertz CT molecular complexity index is 285. The molecule has 0 bridgehead atoms. The standard InChI is InChI=1S/C9H13BrFNO/c1-9(2,12-3)8(11)7-6(10)4-5-13-7/h4-5,8,12H,1-3H3. The van der Waals surface area contributed by atoms with Crippen LogP contribution in [-0.4, -0.2) is 12.6 Å². The van der Waals surface area contributed by atoms with Crippen LogP contribution in [0.1, 0.15) is 25.8 Å². The van der Waals surface area contributed by atoms with Gasteiger partial charge in [0.15, 0.2) is 11.9 Å². The molecule has 1 heterocycles. The van der Waals surface area contributed by atoms with Gasteiger partial charge in [0.25, 0.3) is 0 Å². The van der Waals surface area contributed by atoms with Gasteiger partial charge in [0.05, 0.1) is 16.3 Å². The Morgan fingerprint density at radius 1 is 1.62 bits per heavy atom. The number of hydrogen-bond donors (Lipinski definition) is 1. The predicted octanol–water partition coefficient (Wildman–Crippen LogP) is 3.05. The highest BCUT2D eigenvalue weighted by atomic mass is 79.9. The van der Waals surface area contributed by atoms with Gasteiger partial charge in [0, 0.05) is 0 Å². The number of rotatable bonds is 3. The van der Waals surface area contributed by atoms with Crippen LogP contribution in [0.5, 0.6) is 0 Å². The second-order valence-corrected chi connectivity index (χ2v) is 4.32. The second-order valence-electron chi connectivity index (χ2n) is 3.47. The Morgan fingerprint density at radius 2 is 2.23 bits per heavy atom. The van der Waals surface area contributed by atoms with Gasteiger partial charge in [-0.1, -0.05) is 0 Å². The molecule has 0 aliphatic rings. The molecule has 0 amide bonds. The Balaban J connectivity index is 2.91. The third kappa shape index (κ3) is 2.11. The first kappa shape index (κ1) is 10.7. The molecular formula is C9H13BrFNO. The van der Waals surface area contributed by atoms with Crippen LogP contribution < -0.4 is 5.32 Å². The molecule has 1 N–H and O–H groups in total.